The molecule has 1 aromatic carbocycles. The largest absolute Gasteiger partial charge is 0.433 e. The highest BCUT2D eigenvalue weighted by Gasteiger charge is 2.26. The van der Waals surface area contributed by atoms with Crippen molar-refractivity contribution in [1.82, 2.24) is 5.32 Å². The van der Waals surface area contributed by atoms with Gasteiger partial charge in [0.2, 0.25) is 5.91 Å². The summed E-state index contributed by atoms with van der Waals surface area (Å²) in [5.41, 5.74) is 3.18. The Balaban J connectivity index is 3.22. The highest BCUT2D eigenvalue weighted by molar-refractivity contribution is 6.30. The van der Waals surface area contributed by atoms with E-state index in [9.17, 15) is 9.59 Å². The number of oxime groups is 1. The lowest BCUT2D eigenvalue weighted by Gasteiger charge is -2.31. The first kappa shape index (κ1) is 19.0. The van der Waals surface area contributed by atoms with Crippen LogP contribution in [-0.4, -0.2) is 36.7 Å². The Hall–Kier alpha value is -2.08. The second-order valence-electron chi connectivity index (χ2n) is 5.18. The topological polar surface area (TPSA) is 71.0 Å². The molecule has 126 valence electrons. The van der Waals surface area contributed by atoms with Crippen LogP contribution in [0.3, 0.4) is 0 Å². The molecular weight excluding hydrogens is 318 g/mol. The third kappa shape index (κ3) is 4.69. The van der Waals surface area contributed by atoms with Crippen molar-refractivity contribution >= 4 is 35.0 Å². The minimum absolute atomic E-state index is 0.151. The van der Waals surface area contributed by atoms with Gasteiger partial charge in [0.1, 0.15) is 5.88 Å². The predicted molar refractivity (Wildman–Crippen MR) is 92.2 cm³/mol. The quantitative estimate of drug-likeness (QED) is 0.388. The fourth-order valence-electron chi connectivity index (χ4n) is 2.21. The molecule has 0 spiro atoms. The number of para-hydroxylation sites is 1. The lowest BCUT2D eigenvalue weighted by molar-refractivity contribution is -0.116. The molecule has 0 fully saturated rings. The van der Waals surface area contributed by atoms with E-state index >= 15 is 0 Å². The van der Waals surface area contributed by atoms with Crippen LogP contribution in [0.2, 0.25) is 0 Å². The van der Waals surface area contributed by atoms with Crippen molar-refractivity contribution < 1.29 is 14.4 Å². The summed E-state index contributed by atoms with van der Waals surface area (Å²) in [6, 6.07) is 5.37. The number of halogens is 1. The third-order valence-corrected chi connectivity index (χ3v) is 3.76. The van der Waals surface area contributed by atoms with Gasteiger partial charge in [0, 0.05) is 7.05 Å². The Kier molecular flexibility index (Phi) is 7.03. The molecule has 1 N–H and O–H groups in total. The van der Waals surface area contributed by atoms with E-state index < -0.39 is 12.1 Å². The number of hydrogen-bond donors (Lipinski definition) is 1. The summed E-state index contributed by atoms with van der Waals surface area (Å²) in [6.45, 7) is 7.35. The standard InChI is InChI=1S/C16H22ClN3O3/c1-10-7-6-8-11(2)15(10)20(14(21)9-17)13(4)12(3)19-23-16(22)18-5/h6-8,13H,9H2,1-5H3,(H,18,22). The van der Waals surface area contributed by atoms with Crippen LogP contribution in [0.25, 0.3) is 0 Å². The Labute approximate surface area is 141 Å². The maximum Gasteiger partial charge on any atom is 0.433 e. The zero-order valence-corrected chi connectivity index (χ0v) is 14.8. The van der Waals surface area contributed by atoms with Gasteiger partial charge in [-0.2, -0.15) is 0 Å². The Morgan fingerprint density at radius 2 is 1.91 bits per heavy atom. The minimum Gasteiger partial charge on any atom is -0.323 e. The van der Waals surface area contributed by atoms with Crippen molar-refractivity contribution in [2.45, 2.75) is 33.7 Å². The fourth-order valence-corrected chi connectivity index (χ4v) is 2.34. The molecule has 0 heterocycles. The maximum atomic E-state index is 12.4. The summed E-state index contributed by atoms with van der Waals surface area (Å²) in [5, 5.41) is 6.09. The first-order valence-corrected chi connectivity index (χ1v) is 7.74. The first-order valence-electron chi connectivity index (χ1n) is 7.20. The molecule has 7 heteroatoms. The molecule has 6 nitrogen and oxygen atoms in total. The zero-order valence-electron chi connectivity index (χ0n) is 14.0. The van der Waals surface area contributed by atoms with Crippen molar-refractivity contribution in [1.29, 1.82) is 0 Å². The van der Waals surface area contributed by atoms with Gasteiger partial charge in [0.25, 0.3) is 0 Å². The number of nitrogens with zero attached hydrogens (tertiary/aromatic N) is 2. The van der Waals surface area contributed by atoms with Crippen LogP contribution >= 0.6 is 11.6 Å². The van der Waals surface area contributed by atoms with Gasteiger partial charge in [-0.05, 0) is 38.8 Å². The number of amides is 2. The van der Waals surface area contributed by atoms with Crippen LogP contribution in [0, 0.1) is 13.8 Å². The molecular formula is C16H22ClN3O3. The van der Waals surface area contributed by atoms with Crippen molar-refractivity contribution in [3.8, 4) is 0 Å². The fraction of sp³-hybridized carbons (Fsp3) is 0.438. The highest BCUT2D eigenvalue weighted by atomic mass is 35.5. The number of benzene rings is 1. The number of alkyl halides is 1. The molecule has 23 heavy (non-hydrogen) atoms. The molecule has 1 rings (SSSR count). The van der Waals surface area contributed by atoms with E-state index in [0.717, 1.165) is 16.8 Å². The maximum absolute atomic E-state index is 12.4. The summed E-state index contributed by atoms with van der Waals surface area (Å²) in [5.74, 6) is -0.395. The Morgan fingerprint density at radius 1 is 1.35 bits per heavy atom. The third-order valence-electron chi connectivity index (χ3n) is 3.53. The van der Waals surface area contributed by atoms with Gasteiger partial charge >= 0.3 is 6.09 Å². The minimum atomic E-state index is -0.668. The van der Waals surface area contributed by atoms with E-state index in [0.29, 0.717) is 5.71 Å². The zero-order chi connectivity index (χ0) is 17.6. The molecule has 0 aromatic heterocycles. The molecule has 0 bridgehead atoms. The Morgan fingerprint density at radius 3 is 2.39 bits per heavy atom. The van der Waals surface area contributed by atoms with Gasteiger partial charge in [0.15, 0.2) is 0 Å². The van der Waals surface area contributed by atoms with Gasteiger partial charge in [0.05, 0.1) is 17.4 Å². The average Bonchev–Trinajstić information content (AvgIpc) is 2.54. The van der Waals surface area contributed by atoms with E-state index in [2.05, 4.69) is 10.5 Å². The van der Waals surface area contributed by atoms with Crippen LogP contribution in [0.4, 0.5) is 10.5 Å². The van der Waals surface area contributed by atoms with Gasteiger partial charge in [-0.15, -0.1) is 11.6 Å². The molecule has 0 aliphatic heterocycles. The van der Waals surface area contributed by atoms with Crippen molar-refractivity contribution in [2.24, 2.45) is 5.16 Å². The van der Waals surface area contributed by atoms with Crippen LogP contribution in [-0.2, 0) is 9.63 Å². The molecule has 0 aliphatic rings. The summed E-state index contributed by atoms with van der Waals surface area (Å²) < 4.78 is 0. The van der Waals surface area contributed by atoms with Crippen LogP contribution in [0.5, 0.6) is 0 Å². The van der Waals surface area contributed by atoms with Gasteiger partial charge in [-0.3, -0.25) is 9.63 Å². The average molecular weight is 340 g/mol. The lowest BCUT2D eigenvalue weighted by atomic mass is 10.0. The van der Waals surface area contributed by atoms with E-state index in [1.165, 1.54) is 7.05 Å². The molecule has 0 saturated carbocycles. The van der Waals surface area contributed by atoms with E-state index in [-0.39, 0.29) is 11.8 Å². The lowest BCUT2D eigenvalue weighted by Crippen LogP contribution is -2.44. The van der Waals surface area contributed by atoms with Gasteiger partial charge < -0.3 is 10.2 Å². The summed E-state index contributed by atoms with van der Waals surface area (Å²) in [6.07, 6.45) is -0.668. The number of nitrogens with one attached hydrogen (secondary N) is 1. The molecule has 0 aliphatic carbocycles. The number of hydrogen-bond acceptors (Lipinski definition) is 4. The van der Waals surface area contributed by atoms with Crippen molar-refractivity contribution in [3.05, 3.63) is 29.3 Å². The van der Waals surface area contributed by atoms with Crippen LogP contribution in [0.15, 0.2) is 23.4 Å². The molecule has 1 atom stereocenters. The normalized spacial score (nSPS) is 12.5. The van der Waals surface area contributed by atoms with Crippen LogP contribution in [0.1, 0.15) is 25.0 Å². The summed E-state index contributed by atoms with van der Waals surface area (Å²) in [4.78, 5) is 29.8. The van der Waals surface area contributed by atoms with Gasteiger partial charge in [-0.25, -0.2) is 4.79 Å². The number of aryl methyl sites for hydroxylation is 2. The number of anilines is 1. The van der Waals surface area contributed by atoms with E-state index in [4.69, 9.17) is 16.4 Å². The second kappa shape index (κ2) is 8.53. The molecule has 0 radical (unpaired) electrons. The van der Waals surface area contributed by atoms with Gasteiger partial charge in [-0.1, -0.05) is 23.4 Å². The first-order chi connectivity index (χ1) is 10.8. The number of carbonyl (C=O) groups excluding carboxylic acids is 2. The van der Waals surface area contributed by atoms with E-state index in [1.807, 2.05) is 39.0 Å². The molecule has 1 unspecified atom stereocenters. The highest BCUT2D eigenvalue weighted by Crippen LogP contribution is 2.27. The monoisotopic (exact) mass is 339 g/mol. The number of carbonyl (C=O) groups is 2. The molecule has 1 aromatic rings. The van der Waals surface area contributed by atoms with Crippen LogP contribution < -0.4 is 10.2 Å². The van der Waals surface area contributed by atoms with Crippen molar-refractivity contribution in [2.75, 3.05) is 17.8 Å². The SMILES string of the molecule is CNC(=O)ON=C(C)C(C)N(C(=O)CCl)c1c(C)cccc1C. The summed E-state index contributed by atoms with van der Waals surface area (Å²) in [7, 11) is 1.44. The summed E-state index contributed by atoms with van der Waals surface area (Å²) >= 11 is 5.77. The van der Waals surface area contributed by atoms with E-state index in [1.54, 1.807) is 11.8 Å². The molecule has 2 amide bonds. The predicted octanol–water partition coefficient (Wildman–Crippen LogP) is 3.00. The second-order valence-corrected chi connectivity index (χ2v) is 5.44. The molecule has 0 saturated heterocycles. The smallest absolute Gasteiger partial charge is 0.323 e. The Bertz CT molecular complexity index is 596. The van der Waals surface area contributed by atoms with Crippen molar-refractivity contribution in [3.63, 3.8) is 0 Å². The number of rotatable bonds is 5.